The highest BCUT2D eigenvalue weighted by Gasteiger charge is 2.25. The van der Waals surface area contributed by atoms with Crippen LogP contribution in [0.1, 0.15) is 23.4 Å². The first kappa shape index (κ1) is 18.8. The number of amides is 1. The average Bonchev–Trinajstić information content (AvgIpc) is 3.13. The molecule has 2 aromatic rings. The van der Waals surface area contributed by atoms with E-state index in [9.17, 15) is 13.6 Å². The number of carbonyl (C=O) groups is 1. The smallest absolute Gasteiger partial charge is 0.283 e. The third-order valence-corrected chi connectivity index (χ3v) is 5.01. The van der Waals surface area contributed by atoms with Gasteiger partial charge in [0, 0.05) is 51.5 Å². The molecular formula is C16H21ClF2N6O. The van der Waals surface area contributed by atoms with E-state index in [1.54, 1.807) is 16.5 Å². The maximum absolute atomic E-state index is 12.9. The summed E-state index contributed by atoms with van der Waals surface area (Å²) in [6, 6.07) is 0. The molecule has 3 heterocycles. The third kappa shape index (κ3) is 4.04. The number of rotatable bonds is 5. The maximum atomic E-state index is 12.9. The fourth-order valence-corrected chi connectivity index (χ4v) is 3.25. The highest BCUT2D eigenvalue weighted by Crippen LogP contribution is 2.28. The molecule has 26 heavy (non-hydrogen) atoms. The van der Waals surface area contributed by atoms with E-state index in [-0.39, 0.29) is 17.5 Å². The van der Waals surface area contributed by atoms with Gasteiger partial charge in [-0.25, -0.2) is 8.78 Å². The first-order chi connectivity index (χ1) is 12.3. The van der Waals surface area contributed by atoms with Crippen LogP contribution in [0.4, 0.5) is 8.78 Å². The van der Waals surface area contributed by atoms with Gasteiger partial charge in [-0.1, -0.05) is 11.6 Å². The van der Waals surface area contributed by atoms with E-state index < -0.39 is 12.1 Å². The van der Waals surface area contributed by atoms with Crippen molar-refractivity contribution in [2.75, 3.05) is 26.2 Å². The normalized spacial score (nSPS) is 15.8. The van der Waals surface area contributed by atoms with Crippen molar-refractivity contribution >= 4 is 17.5 Å². The number of carbonyl (C=O) groups excluding carboxylic acids is 1. The molecule has 142 valence electrons. The lowest BCUT2D eigenvalue weighted by Crippen LogP contribution is -2.49. The van der Waals surface area contributed by atoms with Gasteiger partial charge >= 0.3 is 0 Å². The Bertz CT molecular complexity index is 782. The zero-order valence-electron chi connectivity index (χ0n) is 14.7. The molecule has 0 atom stereocenters. The molecule has 1 amide bonds. The molecule has 0 saturated carbocycles. The van der Waals surface area contributed by atoms with Gasteiger partial charge in [-0.05, 0) is 6.92 Å². The standard InChI is InChI=1S/C16H21ClF2N6O/c1-11-14(17)15(16(18)19)21-25(11)10-13(26)24-5-3-23(4-6-24)9-12-7-20-22(2)8-12/h7-8,16H,3-6,9-10H2,1-2H3. The third-order valence-electron chi connectivity index (χ3n) is 4.54. The van der Waals surface area contributed by atoms with Crippen LogP contribution < -0.4 is 0 Å². The van der Waals surface area contributed by atoms with E-state index in [1.165, 1.54) is 4.68 Å². The minimum atomic E-state index is -2.76. The van der Waals surface area contributed by atoms with E-state index in [1.807, 2.05) is 19.4 Å². The van der Waals surface area contributed by atoms with Gasteiger partial charge in [0.15, 0.2) is 0 Å². The topological polar surface area (TPSA) is 59.2 Å². The molecule has 10 heteroatoms. The summed E-state index contributed by atoms with van der Waals surface area (Å²) in [4.78, 5) is 16.5. The minimum absolute atomic E-state index is 0.0749. The summed E-state index contributed by atoms with van der Waals surface area (Å²) in [6.07, 6.45) is 1.05. The summed E-state index contributed by atoms with van der Waals surface area (Å²) in [7, 11) is 1.88. The number of nitrogens with zero attached hydrogens (tertiary/aromatic N) is 6. The number of piperazine rings is 1. The van der Waals surface area contributed by atoms with Gasteiger partial charge in [-0.2, -0.15) is 10.2 Å². The molecule has 0 spiro atoms. The summed E-state index contributed by atoms with van der Waals surface area (Å²) in [5.41, 5.74) is 1.04. The SMILES string of the molecule is Cc1c(Cl)c(C(F)F)nn1CC(=O)N1CCN(Cc2cnn(C)c2)CC1. The van der Waals surface area contributed by atoms with Gasteiger partial charge in [0.1, 0.15) is 12.2 Å². The Labute approximate surface area is 155 Å². The van der Waals surface area contributed by atoms with Crippen molar-refractivity contribution in [1.29, 1.82) is 0 Å². The average molecular weight is 387 g/mol. The summed E-state index contributed by atoms with van der Waals surface area (Å²) in [5.74, 6) is -0.144. The van der Waals surface area contributed by atoms with Crippen molar-refractivity contribution in [1.82, 2.24) is 29.4 Å². The second kappa shape index (κ2) is 7.71. The minimum Gasteiger partial charge on any atom is -0.339 e. The Morgan fingerprint density at radius 2 is 2.00 bits per heavy atom. The zero-order valence-corrected chi connectivity index (χ0v) is 15.5. The van der Waals surface area contributed by atoms with Gasteiger partial charge in [-0.15, -0.1) is 0 Å². The number of hydrogen-bond donors (Lipinski definition) is 0. The zero-order chi connectivity index (χ0) is 18.8. The lowest BCUT2D eigenvalue weighted by atomic mass is 10.2. The quantitative estimate of drug-likeness (QED) is 0.787. The van der Waals surface area contributed by atoms with Crippen LogP contribution in [0.25, 0.3) is 0 Å². The predicted molar refractivity (Wildman–Crippen MR) is 92.0 cm³/mol. The molecule has 0 radical (unpaired) electrons. The molecule has 0 aromatic carbocycles. The van der Waals surface area contributed by atoms with Crippen molar-refractivity contribution in [3.8, 4) is 0 Å². The van der Waals surface area contributed by atoms with Gasteiger partial charge < -0.3 is 4.90 Å². The summed E-state index contributed by atoms with van der Waals surface area (Å²) in [6.45, 7) is 4.98. The van der Waals surface area contributed by atoms with Crippen molar-refractivity contribution in [2.45, 2.75) is 26.4 Å². The number of aromatic nitrogens is 4. The van der Waals surface area contributed by atoms with Crippen molar-refractivity contribution < 1.29 is 13.6 Å². The van der Waals surface area contributed by atoms with Crippen LogP contribution >= 0.6 is 11.6 Å². The molecule has 1 aliphatic heterocycles. The van der Waals surface area contributed by atoms with E-state index >= 15 is 0 Å². The summed E-state index contributed by atoms with van der Waals surface area (Å²) in [5, 5.41) is 7.86. The van der Waals surface area contributed by atoms with Crippen LogP contribution in [-0.4, -0.2) is 61.4 Å². The maximum Gasteiger partial charge on any atom is 0.283 e. The molecular weight excluding hydrogens is 366 g/mol. The molecule has 0 bridgehead atoms. The Morgan fingerprint density at radius 1 is 1.31 bits per heavy atom. The largest absolute Gasteiger partial charge is 0.339 e. The van der Waals surface area contributed by atoms with Gasteiger partial charge in [0.05, 0.1) is 16.9 Å². The molecule has 0 unspecified atom stereocenters. The van der Waals surface area contributed by atoms with Crippen LogP contribution in [0.5, 0.6) is 0 Å². The van der Waals surface area contributed by atoms with Crippen LogP contribution in [0.15, 0.2) is 12.4 Å². The second-order valence-electron chi connectivity index (χ2n) is 6.42. The van der Waals surface area contributed by atoms with E-state index in [2.05, 4.69) is 15.1 Å². The predicted octanol–water partition coefficient (Wildman–Crippen LogP) is 1.86. The Hall–Kier alpha value is -2.00. The first-order valence-corrected chi connectivity index (χ1v) is 8.71. The number of alkyl halides is 2. The van der Waals surface area contributed by atoms with Crippen molar-refractivity contribution in [3.05, 3.63) is 34.4 Å². The highest BCUT2D eigenvalue weighted by atomic mass is 35.5. The lowest BCUT2D eigenvalue weighted by Gasteiger charge is -2.34. The molecule has 0 aliphatic carbocycles. The number of aryl methyl sites for hydroxylation is 1. The fourth-order valence-electron chi connectivity index (χ4n) is 3.04. The Kier molecular flexibility index (Phi) is 5.57. The van der Waals surface area contributed by atoms with Crippen molar-refractivity contribution in [3.63, 3.8) is 0 Å². The summed E-state index contributed by atoms with van der Waals surface area (Å²) >= 11 is 5.87. The number of halogens is 3. The molecule has 0 N–H and O–H groups in total. The lowest BCUT2D eigenvalue weighted by molar-refractivity contribution is -0.133. The van der Waals surface area contributed by atoms with Crippen LogP contribution in [0.2, 0.25) is 5.02 Å². The molecule has 1 saturated heterocycles. The number of hydrogen-bond acceptors (Lipinski definition) is 4. The fraction of sp³-hybridized carbons (Fsp3) is 0.562. The summed E-state index contributed by atoms with van der Waals surface area (Å²) < 4.78 is 28.8. The van der Waals surface area contributed by atoms with E-state index in [0.29, 0.717) is 18.8 Å². The highest BCUT2D eigenvalue weighted by molar-refractivity contribution is 6.31. The Balaban J connectivity index is 1.55. The molecule has 7 nitrogen and oxygen atoms in total. The van der Waals surface area contributed by atoms with Crippen LogP contribution in [0, 0.1) is 6.92 Å². The monoisotopic (exact) mass is 386 g/mol. The van der Waals surface area contributed by atoms with Gasteiger partial charge in [0.2, 0.25) is 5.91 Å². The molecule has 2 aromatic heterocycles. The van der Waals surface area contributed by atoms with E-state index in [0.717, 1.165) is 25.2 Å². The molecule has 1 aliphatic rings. The molecule has 1 fully saturated rings. The second-order valence-corrected chi connectivity index (χ2v) is 6.80. The Morgan fingerprint density at radius 3 is 2.54 bits per heavy atom. The molecule has 3 rings (SSSR count). The van der Waals surface area contributed by atoms with Crippen LogP contribution in [0.3, 0.4) is 0 Å². The van der Waals surface area contributed by atoms with Gasteiger partial charge in [-0.3, -0.25) is 19.1 Å². The van der Waals surface area contributed by atoms with Crippen molar-refractivity contribution in [2.24, 2.45) is 7.05 Å². The van der Waals surface area contributed by atoms with Crippen LogP contribution in [-0.2, 0) is 24.9 Å². The first-order valence-electron chi connectivity index (χ1n) is 8.33. The van der Waals surface area contributed by atoms with E-state index in [4.69, 9.17) is 11.6 Å². The van der Waals surface area contributed by atoms with Gasteiger partial charge in [0.25, 0.3) is 6.43 Å².